The van der Waals surface area contributed by atoms with Crippen LogP contribution in [0.15, 0.2) is 42.5 Å². The summed E-state index contributed by atoms with van der Waals surface area (Å²) in [6, 6.07) is 10.0. The molecule has 0 aromatic heterocycles. The van der Waals surface area contributed by atoms with E-state index in [-0.39, 0.29) is 12.7 Å². The molecule has 1 N–H and O–H groups in total. The number of ether oxygens (including phenoxy) is 1. The van der Waals surface area contributed by atoms with Crippen molar-refractivity contribution in [1.82, 2.24) is 0 Å². The summed E-state index contributed by atoms with van der Waals surface area (Å²) in [7, 11) is 0. The summed E-state index contributed by atoms with van der Waals surface area (Å²) in [5.41, 5.74) is 1.16. The molecule has 1 rings (SSSR count). The largest absolute Gasteiger partial charge is 0.392 e. The van der Waals surface area contributed by atoms with Crippen molar-refractivity contribution in [3.63, 3.8) is 0 Å². The van der Waals surface area contributed by atoms with Gasteiger partial charge in [-0.3, -0.25) is 0 Å². The maximum absolute atomic E-state index is 8.56. The Balaban J connectivity index is 2.30. The second-order valence-electron chi connectivity index (χ2n) is 3.11. The monoisotopic (exact) mass is 192 g/mol. The zero-order valence-corrected chi connectivity index (χ0v) is 8.39. The fourth-order valence-electron chi connectivity index (χ4n) is 1.11. The van der Waals surface area contributed by atoms with Crippen LogP contribution in [0.25, 0.3) is 0 Å². The molecule has 1 atom stereocenters. The maximum atomic E-state index is 8.56. The molecule has 0 aliphatic heterocycles. The molecule has 0 heterocycles. The van der Waals surface area contributed by atoms with Gasteiger partial charge in [-0.05, 0) is 12.5 Å². The van der Waals surface area contributed by atoms with Crippen molar-refractivity contribution in [3.8, 4) is 0 Å². The van der Waals surface area contributed by atoms with Gasteiger partial charge < -0.3 is 9.84 Å². The molecule has 0 unspecified atom stereocenters. The second kappa shape index (κ2) is 6.35. The molecule has 0 aliphatic carbocycles. The first-order valence-corrected chi connectivity index (χ1v) is 4.76. The molecule has 2 nitrogen and oxygen atoms in total. The molecule has 14 heavy (non-hydrogen) atoms. The Morgan fingerprint density at radius 2 is 2.07 bits per heavy atom. The van der Waals surface area contributed by atoms with Crippen LogP contribution in [0.4, 0.5) is 0 Å². The van der Waals surface area contributed by atoms with Gasteiger partial charge in [-0.25, -0.2) is 0 Å². The Kier molecular flexibility index (Phi) is 4.97. The van der Waals surface area contributed by atoms with E-state index in [0.717, 1.165) is 5.56 Å². The van der Waals surface area contributed by atoms with E-state index in [1.54, 1.807) is 6.08 Å². The normalized spacial score (nSPS) is 13.3. The Hall–Kier alpha value is -1.12. The van der Waals surface area contributed by atoms with E-state index in [0.29, 0.717) is 6.61 Å². The zero-order valence-electron chi connectivity index (χ0n) is 8.39. The lowest BCUT2D eigenvalue weighted by Gasteiger charge is -2.08. The number of rotatable bonds is 5. The summed E-state index contributed by atoms with van der Waals surface area (Å²) < 4.78 is 5.53. The van der Waals surface area contributed by atoms with Crippen LogP contribution in [0.5, 0.6) is 0 Å². The smallest absolute Gasteiger partial charge is 0.0733 e. The van der Waals surface area contributed by atoms with Gasteiger partial charge in [-0.2, -0.15) is 0 Å². The highest BCUT2D eigenvalue weighted by atomic mass is 16.5. The third-order valence-corrected chi connectivity index (χ3v) is 1.87. The van der Waals surface area contributed by atoms with E-state index in [9.17, 15) is 0 Å². The predicted molar refractivity (Wildman–Crippen MR) is 56.9 cm³/mol. The van der Waals surface area contributed by atoms with E-state index in [2.05, 4.69) is 0 Å². The van der Waals surface area contributed by atoms with E-state index < -0.39 is 0 Å². The van der Waals surface area contributed by atoms with Crippen LogP contribution in [0, 0.1) is 0 Å². The average Bonchev–Trinajstić information content (AvgIpc) is 2.25. The van der Waals surface area contributed by atoms with Crippen LogP contribution in [0.3, 0.4) is 0 Å². The Labute approximate surface area is 84.8 Å². The van der Waals surface area contributed by atoms with Gasteiger partial charge in [0.1, 0.15) is 0 Å². The van der Waals surface area contributed by atoms with Crippen LogP contribution in [-0.2, 0) is 11.3 Å². The van der Waals surface area contributed by atoms with Crippen molar-refractivity contribution in [3.05, 3.63) is 48.0 Å². The number of aliphatic hydroxyl groups is 1. The lowest BCUT2D eigenvalue weighted by atomic mass is 10.2. The van der Waals surface area contributed by atoms with Gasteiger partial charge in [0.05, 0.1) is 19.3 Å². The molecule has 0 bridgehead atoms. The van der Waals surface area contributed by atoms with Gasteiger partial charge in [-0.15, -0.1) is 0 Å². The summed E-state index contributed by atoms with van der Waals surface area (Å²) >= 11 is 0. The topological polar surface area (TPSA) is 29.5 Å². The number of hydrogen-bond acceptors (Lipinski definition) is 2. The first-order valence-electron chi connectivity index (χ1n) is 4.76. The first-order chi connectivity index (χ1) is 6.83. The molecule has 0 amide bonds. The van der Waals surface area contributed by atoms with E-state index in [1.807, 2.05) is 43.3 Å². The maximum Gasteiger partial charge on any atom is 0.0733 e. The number of aliphatic hydroxyl groups excluding tert-OH is 1. The molecule has 0 fully saturated rings. The zero-order chi connectivity index (χ0) is 10.2. The summed E-state index contributed by atoms with van der Waals surface area (Å²) in [6.07, 6.45) is 3.58. The summed E-state index contributed by atoms with van der Waals surface area (Å²) in [6.45, 7) is 2.63. The fraction of sp³-hybridized carbons (Fsp3) is 0.333. The van der Waals surface area contributed by atoms with Crippen LogP contribution < -0.4 is 0 Å². The molecule has 0 aliphatic rings. The highest BCUT2D eigenvalue weighted by Crippen LogP contribution is 2.03. The molecular weight excluding hydrogens is 176 g/mol. The van der Waals surface area contributed by atoms with Crippen molar-refractivity contribution in [1.29, 1.82) is 0 Å². The van der Waals surface area contributed by atoms with Crippen molar-refractivity contribution >= 4 is 0 Å². The van der Waals surface area contributed by atoms with Crippen LogP contribution >= 0.6 is 0 Å². The summed E-state index contributed by atoms with van der Waals surface area (Å²) in [4.78, 5) is 0. The standard InChI is InChI=1S/C12H16O2/c1-11(6-5-9-13)14-10-12-7-3-2-4-8-12/h2-8,11,13H,9-10H2,1H3/b6-5-/t11-/m0/s1. The van der Waals surface area contributed by atoms with E-state index in [4.69, 9.17) is 9.84 Å². The molecule has 1 aromatic carbocycles. The van der Waals surface area contributed by atoms with Crippen molar-refractivity contribution in [2.75, 3.05) is 6.61 Å². The van der Waals surface area contributed by atoms with Crippen molar-refractivity contribution in [2.24, 2.45) is 0 Å². The predicted octanol–water partition coefficient (Wildman–Crippen LogP) is 2.14. The van der Waals surface area contributed by atoms with Gasteiger partial charge in [0.15, 0.2) is 0 Å². The molecular formula is C12H16O2. The summed E-state index contributed by atoms with van der Waals surface area (Å²) in [5, 5.41) is 8.56. The van der Waals surface area contributed by atoms with Crippen LogP contribution in [0.1, 0.15) is 12.5 Å². The molecule has 0 saturated carbocycles. The summed E-state index contributed by atoms with van der Waals surface area (Å²) in [5.74, 6) is 0. The minimum atomic E-state index is 0.0438. The van der Waals surface area contributed by atoms with E-state index >= 15 is 0 Å². The molecule has 1 aromatic rings. The molecule has 76 valence electrons. The van der Waals surface area contributed by atoms with Crippen LogP contribution in [0.2, 0.25) is 0 Å². The highest BCUT2D eigenvalue weighted by molar-refractivity contribution is 5.13. The van der Waals surface area contributed by atoms with Crippen LogP contribution in [-0.4, -0.2) is 17.8 Å². The Morgan fingerprint density at radius 1 is 1.36 bits per heavy atom. The van der Waals surface area contributed by atoms with Gasteiger partial charge in [0.2, 0.25) is 0 Å². The van der Waals surface area contributed by atoms with Crippen molar-refractivity contribution in [2.45, 2.75) is 19.6 Å². The average molecular weight is 192 g/mol. The SMILES string of the molecule is C[C@@H](/C=C\CO)OCc1ccccc1. The minimum Gasteiger partial charge on any atom is -0.392 e. The molecule has 0 saturated heterocycles. The van der Waals surface area contributed by atoms with Crippen molar-refractivity contribution < 1.29 is 9.84 Å². The van der Waals surface area contributed by atoms with Gasteiger partial charge in [0.25, 0.3) is 0 Å². The molecule has 0 radical (unpaired) electrons. The first kappa shape index (κ1) is 11.0. The molecule has 0 spiro atoms. The second-order valence-corrected chi connectivity index (χ2v) is 3.11. The van der Waals surface area contributed by atoms with Gasteiger partial charge in [-0.1, -0.05) is 42.5 Å². The van der Waals surface area contributed by atoms with Gasteiger partial charge >= 0.3 is 0 Å². The van der Waals surface area contributed by atoms with E-state index in [1.165, 1.54) is 0 Å². The Bertz CT molecular complexity index is 267. The number of benzene rings is 1. The fourth-order valence-corrected chi connectivity index (χ4v) is 1.11. The quantitative estimate of drug-likeness (QED) is 0.724. The molecule has 2 heteroatoms. The number of hydrogen-bond donors (Lipinski definition) is 1. The van der Waals surface area contributed by atoms with Gasteiger partial charge in [0, 0.05) is 0 Å². The Morgan fingerprint density at radius 3 is 2.71 bits per heavy atom. The third-order valence-electron chi connectivity index (χ3n) is 1.87. The lowest BCUT2D eigenvalue weighted by molar-refractivity contribution is 0.0836. The highest BCUT2D eigenvalue weighted by Gasteiger charge is 1.96. The lowest BCUT2D eigenvalue weighted by Crippen LogP contribution is -2.04. The minimum absolute atomic E-state index is 0.0438. The third kappa shape index (κ3) is 4.21.